The van der Waals surface area contributed by atoms with E-state index in [1.54, 1.807) is 6.20 Å². The largest absolute Gasteiger partial charge is 0.459 e. The Labute approximate surface area is 122 Å². The number of pyridine rings is 1. The summed E-state index contributed by atoms with van der Waals surface area (Å²) in [6.07, 6.45) is 1.62. The molecule has 106 valence electrons. The predicted octanol–water partition coefficient (Wildman–Crippen LogP) is 3.25. The van der Waals surface area contributed by atoms with Gasteiger partial charge in [0.15, 0.2) is 0 Å². The molecule has 0 aliphatic carbocycles. The SMILES string of the molecule is CC(C)(C)OC(=O)CSc1c(N)cnc2ccccc12. The number of nitrogen functional groups attached to an aromatic ring is 1. The van der Waals surface area contributed by atoms with Gasteiger partial charge in [-0.15, -0.1) is 11.8 Å². The maximum Gasteiger partial charge on any atom is 0.316 e. The molecule has 0 unspecified atom stereocenters. The number of nitrogens with zero attached hydrogens (tertiary/aromatic N) is 1. The predicted molar refractivity (Wildman–Crippen MR) is 82.7 cm³/mol. The second-order valence-corrected chi connectivity index (χ2v) is 6.42. The van der Waals surface area contributed by atoms with Crippen molar-refractivity contribution in [2.45, 2.75) is 31.3 Å². The number of carbonyl (C=O) groups is 1. The third-order valence-corrected chi connectivity index (χ3v) is 3.63. The standard InChI is InChI=1S/C15H18N2O2S/c1-15(2,3)19-13(18)9-20-14-10-6-4-5-7-12(10)17-8-11(14)16/h4-8H,9,16H2,1-3H3. The van der Waals surface area contributed by atoms with E-state index in [1.807, 2.05) is 45.0 Å². The van der Waals surface area contributed by atoms with Crippen LogP contribution >= 0.6 is 11.8 Å². The fourth-order valence-corrected chi connectivity index (χ4v) is 2.66. The number of nitrogens with two attached hydrogens (primary N) is 1. The molecule has 5 heteroatoms. The van der Waals surface area contributed by atoms with Gasteiger partial charge < -0.3 is 10.5 Å². The molecule has 0 saturated heterocycles. The van der Waals surface area contributed by atoms with Crippen LogP contribution in [0.2, 0.25) is 0 Å². The molecule has 0 radical (unpaired) electrons. The monoisotopic (exact) mass is 290 g/mol. The van der Waals surface area contributed by atoms with Crippen LogP contribution in [-0.4, -0.2) is 22.3 Å². The normalized spacial score (nSPS) is 11.6. The van der Waals surface area contributed by atoms with Crippen LogP contribution in [0.25, 0.3) is 10.9 Å². The quantitative estimate of drug-likeness (QED) is 0.694. The fraction of sp³-hybridized carbons (Fsp3) is 0.333. The number of thioether (sulfide) groups is 1. The molecule has 2 rings (SSSR count). The highest BCUT2D eigenvalue weighted by Gasteiger charge is 2.17. The molecule has 0 aliphatic rings. The van der Waals surface area contributed by atoms with Crippen LogP contribution in [0.15, 0.2) is 35.4 Å². The molecule has 20 heavy (non-hydrogen) atoms. The zero-order valence-corrected chi connectivity index (χ0v) is 12.7. The first kappa shape index (κ1) is 14.7. The van der Waals surface area contributed by atoms with Crippen LogP contribution in [0.4, 0.5) is 5.69 Å². The topological polar surface area (TPSA) is 65.2 Å². The zero-order valence-electron chi connectivity index (χ0n) is 11.8. The molecule has 2 N–H and O–H groups in total. The highest BCUT2D eigenvalue weighted by atomic mass is 32.2. The van der Waals surface area contributed by atoms with E-state index in [2.05, 4.69) is 4.98 Å². The van der Waals surface area contributed by atoms with Gasteiger partial charge in [-0.25, -0.2) is 0 Å². The van der Waals surface area contributed by atoms with E-state index in [-0.39, 0.29) is 11.7 Å². The molecule has 0 fully saturated rings. The van der Waals surface area contributed by atoms with Crippen LogP contribution in [-0.2, 0) is 9.53 Å². The number of carbonyl (C=O) groups excluding carboxylic acids is 1. The van der Waals surface area contributed by atoms with E-state index in [1.165, 1.54) is 11.8 Å². The van der Waals surface area contributed by atoms with E-state index in [4.69, 9.17) is 10.5 Å². The summed E-state index contributed by atoms with van der Waals surface area (Å²) in [5.41, 5.74) is 6.95. The van der Waals surface area contributed by atoms with E-state index in [0.29, 0.717) is 5.69 Å². The average molecular weight is 290 g/mol. The maximum absolute atomic E-state index is 11.8. The smallest absolute Gasteiger partial charge is 0.316 e. The molecule has 1 aromatic heterocycles. The maximum atomic E-state index is 11.8. The summed E-state index contributed by atoms with van der Waals surface area (Å²) in [5, 5.41) is 0.959. The van der Waals surface area contributed by atoms with Gasteiger partial charge in [-0.05, 0) is 26.8 Å². The van der Waals surface area contributed by atoms with Gasteiger partial charge in [-0.3, -0.25) is 9.78 Å². The number of aromatic nitrogens is 1. The number of fused-ring (bicyclic) bond motifs is 1. The first-order chi connectivity index (χ1) is 9.37. The van der Waals surface area contributed by atoms with Gasteiger partial charge in [-0.2, -0.15) is 0 Å². The summed E-state index contributed by atoms with van der Waals surface area (Å²) in [5.74, 6) is -0.0158. The Morgan fingerprint density at radius 1 is 1.35 bits per heavy atom. The first-order valence-electron chi connectivity index (χ1n) is 6.35. The molecule has 2 aromatic rings. The van der Waals surface area contributed by atoms with Crippen molar-refractivity contribution in [3.05, 3.63) is 30.5 Å². The third kappa shape index (κ3) is 3.63. The lowest BCUT2D eigenvalue weighted by molar-refractivity contribution is -0.151. The zero-order chi connectivity index (χ0) is 14.8. The molecule has 0 spiro atoms. The number of para-hydroxylation sites is 1. The first-order valence-corrected chi connectivity index (χ1v) is 7.33. The minimum absolute atomic E-state index is 0.232. The van der Waals surface area contributed by atoms with Crippen LogP contribution in [0.1, 0.15) is 20.8 Å². The van der Waals surface area contributed by atoms with Crippen LogP contribution in [0.5, 0.6) is 0 Å². The average Bonchev–Trinajstić information content (AvgIpc) is 2.35. The summed E-state index contributed by atoms with van der Waals surface area (Å²) in [7, 11) is 0. The summed E-state index contributed by atoms with van der Waals surface area (Å²) in [4.78, 5) is 16.9. The number of benzene rings is 1. The van der Waals surface area contributed by atoms with Crippen molar-refractivity contribution in [2.75, 3.05) is 11.5 Å². The van der Waals surface area contributed by atoms with Gasteiger partial charge in [0.2, 0.25) is 0 Å². The Morgan fingerprint density at radius 3 is 2.75 bits per heavy atom. The van der Waals surface area contributed by atoms with Gasteiger partial charge in [0, 0.05) is 10.3 Å². The van der Waals surface area contributed by atoms with Crippen molar-refractivity contribution in [3.63, 3.8) is 0 Å². The molecule has 0 bridgehead atoms. The highest BCUT2D eigenvalue weighted by Crippen LogP contribution is 2.32. The van der Waals surface area contributed by atoms with E-state index in [0.717, 1.165) is 15.8 Å². The Bertz CT molecular complexity index is 635. The minimum atomic E-state index is -0.469. The number of hydrogen-bond donors (Lipinski definition) is 1. The lowest BCUT2D eigenvalue weighted by Gasteiger charge is -2.19. The number of hydrogen-bond acceptors (Lipinski definition) is 5. The second kappa shape index (κ2) is 5.71. The molecule has 0 atom stereocenters. The molecule has 1 aromatic carbocycles. The van der Waals surface area contributed by atoms with Gasteiger partial charge >= 0.3 is 5.97 Å². The van der Waals surface area contributed by atoms with Crippen LogP contribution < -0.4 is 5.73 Å². The van der Waals surface area contributed by atoms with Gasteiger partial charge in [0.1, 0.15) is 5.60 Å². The van der Waals surface area contributed by atoms with Crippen molar-refractivity contribution >= 4 is 34.3 Å². The van der Waals surface area contributed by atoms with Crippen molar-refractivity contribution in [3.8, 4) is 0 Å². The van der Waals surface area contributed by atoms with Gasteiger partial charge in [-0.1, -0.05) is 18.2 Å². The van der Waals surface area contributed by atoms with Crippen molar-refractivity contribution in [1.82, 2.24) is 4.98 Å². The Balaban J connectivity index is 2.18. The molecule has 1 heterocycles. The Morgan fingerprint density at radius 2 is 2.05 bits per heavy atom. The summed E-state index contributed by atoms with van der Waals surface area (Å²) < 4.78 is 5.30. The summed E-state index contributed by atoms with van der Waals surface area (Å²) in [6.45, 7) is 5.56. The lowest BCUT2D eigenvalue weighted by Crippen LogP contribution is -2.24. The van der Waals surface area contributed by atoms with Crippen molar-refractivity contribution < 1.29 is 9.53 Å². The van der Waals surface area contributed by atoms with Crippen molar-refractivity contribution in [1.29, 1.82) is 0 Å². The van der Waals surface area contributed by atoms with Crippen LogP contribution in [0, 0.1) is 0 Å². The number of rotatable bonds is 3. The molecule has 0 amide bonds. The highest BCUT2D eigenvalue weighted by molar-refractivity contribution is 8.00. The molecule has 0 saturated carbocycles. The molecule has 4 nitrogen and oxygen atoms in total. The molecule has 0 aliphatic heterocycles. The van der Waals surface area contributed by atoms with Crippen molar-refractivity contribution in [2.24, 2.45) is 0 Å². The third-order valence-electron chi connectivity index (χ3n) is 2.51. The second-order valence-electron chi connectivity index (χ2n) is 5.43. The van der Waals surface area contributed by atoms with Crippen LogP contribution in [0.3, 0.4) is 0 Å². The number of esters is 1. The van der Waals surface area contributed by atoms with Gasteiger partial charge in [0.25, 0.3) is 0 Å². The Kier molecular flexibility index (Phi) is 4.18. The fourth-order valence-electron chi connectivity index (χ4n) is 1.79. The molecular weight excluding hydrogens is 272 g/mol. The van der Waals surface area contributed by atoms with E-state index >= 15 is 0 Å². The van der Waals surface area contributed by atoms with Gasteiger partial charge in [0.05, 0.1) is 23.2 Å². The summed E-state index contributed by atoms with van der Waals surface area (Å²) in [6, 6.07) is 7.73. The number of ether oxygens (including phenoxy) is 1. The van der Waals surface area contributed by atoms with E-state index in [9.17, 15) is 4.79 Å². The summed E-state index contributed by atoms with van der Waals surface area (Å²) >= 11 is 1.39. The molecular formula is C15H18N2O2S. The number of anilines is 1. The van der Waals surface area contributed by atoms with E-state index < -0.39 is 5.60 Å². The Hall–Kier alpha value is -1.75. The minimum Gasteiger partial charge on any atom is -0.459 e. The lowest BCUT2D eigenvalue weighted by atomic mass is 10.2.